The maximum absolute atomic E-state index is 13.2. The minimum atomic E-state index is -1.79. The van der Waals surface area contributed by atoms with Gasteiger partial charge in [-0.05, 0) is 57.8 Å². The molecule has 2 fully saturated rings. The van der Waals surface area contributed by atoms with Crippen molar-refractivity contribution in [3.05, 3.63) is 60.8 Å². The average molecular weight is 1010 g/mol. The molecule has 14 nitrogen and oxygen atoms in total. The third-order valence-electron chi connectivity index (χ3n) is 13.5. The van der Waals surface area contributed by atoms with E-state index in [1.54, 1.807) is 0 Å². The Morgan fingerprint density at radius 1 is 0.521 bits per heavy atom. The van der Waals surface area contributed by atoms with Crippen molar-refractivity contribution < 1.29 is 64.6 Å². The molecule has 2 rings (SSSR count). The summed E-state index contributed by atoms with van der Waals surface area (Å²) in [6.07, 6.45) is 36.4. The topological polar surface area (TPSA) is 228 Å². The Balaban J connectivity index is 1.81. The summed E-state index contributed by atoms with van der Waals surface area (Å²) in [5, 5.41) is 87.1. The number of carbonyl (C=O) groups is 1. The Morgan fingerprint density at radius 3 is 1.48 bits per heavy atom. The van der Waals surface area contributed by atoms with Crippen LogP contribution in [0.1, 0.15) is 200 Å². The summed E-state index contributed by atoms with van der Waals surface area (Å²) in [4.78, 5) is 13.2. The van der Waals surface area contributed by atoms with Crippen LogP contribution in [-0.4, -0.2) is 140 Å². The standard InChI is InChI=1S/C57H101NO13/c1-3-5-7-9-11-13-15-17-19-21-23-25-27-29-31-33-35-37-39-41-49(62)58-45(46(61)40-38-36-34-32-30-28-26-24-22-20-18-16-14-12-10-8-6-4-2)44-68-56-54(67)52(65)55(48(43-60)70-56)71-57-53(66)51(64)50(63)47(42-59)69-57/h5,7,11,13,17,19,23,25,29,31,45-48,50-57,59-61,63-67H,3-4,6,8-10,12,14-16,18,20-22,24,26-28,30,32-44H2,1-2H3,(H,58,62)/b7-5-,13-11-,19-17-,25-23-,31-29-. The van der Waals surface area contributed by atoms with Crippen LogP contribution in [0, 0.1) is 0 Å². The molecule has 0 radical (unpaired) electrons. The fourth-order valence-electron chi connectivity index (χ4n) is 8.97. The van der Waals surface area contributed by atoms with Gasteiger partial charge < -0.3 is 65.1 Å². The second-order valence-corrected chi connectivity index (χ2v) is 19.7. The number of rotatable bonds is 43. The smallest absolute Gasteiger partial charge is 0.220 e. The lowest BCUT2D eigenvalue weighted by Crippen LogP contribution is -2.65. The van der Waals surface area contributed by atoms with Crippen LogP contribution in [0.5, 0.6) is 0 Å². The molecule has 14 heteroatoms. The second-order valence-electron chi connectivity index (χ2n) is 19.7. The summed E-state index contributed by atoms with van der Waals surface area (Å²) in [7, 11) is 0. The minimum absolute atomic E-state index is 0.239. The zero-order valence-electron chi connectivity index (χ0n) is 43.9. The summed E-state index contributed by atoms with van der Waals surface area (Å²) in [5.41, 5.74) is 0. The number of aliphatic hydroxyl groups is 8. The summed E-state index contributed by atoms with van der Waals surface area (Å²) in [6, 6.07) is -0.849. The van der Waals surface area contributed by atoms with E-state index in [1.165, 1.54) is 89.9 Å². The van der Waals surface area contributed by atoms with E-state index in [9.17, 15) is 45.6 Å². The average Bonchev–Trinajstić information content (AvgIpc) is 3.37. The lowest BCUT2D eigenvalue weighted by atomic mass is 9.97. The molecule has 2 saturated heterocycles. The molecule has 0 spiro atoms. The normalized spacial score (nSPS) is 26.2. The zero-order valence-corrected chi connectivity index (χ0v) is 43.9. The van der Waals surface area contributed by atoms with Crippen molar-refractivity contribution in [3.8, 4) is 0 Å². The van der Waals surface area contributed by atoms with E-state index >= 15 is 0 Å². The van der Waals surface area contributed by atoms with Crippen LogP contribution in [0.3, 0.4) is 0 Å². The third-order valence-corrected chi connectivity index (χ3v) is 13.5. The fourth-order valence-corrected chi connectivity index (χ4v) is 8.97. The first-order valence-corrected chi connectivity index (χ1v) is 28.0. The molecule has 2 aliphatic rings. The highest BCUT2D eigenvalue weighted by molar-refractivity contribution is 5.76. The summed E-state index contributed by atoms with van der Waals surface area (Å²) in [5.74, 6) is -0.239. The van der Waals surface area contributed by atoms with Crippen LogP contribution in [0.4, 0.5) is 0 Å². The lowest BCUT2D eigenvalue weighted by molar-refractivity contribution is -0.359. The number of amides is 1. The van der Waals surface area contributed by atoms with Crippen LogP contribution < -0.4 is 5.32 Å². The lowest BCUT2D eigenvalue weighted by Gasteiger charge is -2.46. The van der Waals surface area contributed by atoms with Crippen LogP contribution >= 0.6 is 0 Å². The minimum Gasteiger partial charge on any atom is -0.394 e. The number of unbranched alkanes of at least 4 members (excludes halogenated alkanes) is 20. The molecule has 0 aliphatic carbocycles. The largest absolute Gasteiger partial charge is 0.394 e. The van der Waals surface area contributed by atoms with Crippen molar-refractivity contribution in [2.24, 2.45) is 0 Å². The Morgan fingerprint density at radius 2 is 0.972 bits per heavy atom. The Kier molecular flexibility index (Phi) is 39.2. The van der Waals surface area contributed by atoms with E-state index in [0.29, 0.717) is 12.8 Å². The monoisotopic (exact) mass is 1010 g/mol. The number of aliphatic hydroxyl groups excluding tert-OH is 8. The van der Waals surface area contributed by atoms with Crippen molar-refractivity contribution in [1.82, 2.24) is 5.32 Å². The predicted molar refractivity (Wildman–Crippen MR) is 281 cm³/mol. The predicted octanol–water partition coefficient (Wildman–Crippen LogP) is 8.61. The maximum Gasteiger partial charge on any atom is 0.220 e. The molecule has 0 saturated carbocycles. The number of carbonyl (C=O) groups excluding carboxylic acids is 1. The molecule has 412 valence electrons. The van der Waals surface area contributed by atoms with Gasteiger partial charge in [0.2, 0.25) is 5.91 Å². The van der Waals surface area contributed by atoms with Gasteiger partial charge in [0.25, 0.3) is 0 Å². The molecule has 0 aromatic heterocycles. The van der Waals surface area contributed by atoms with Gasteiger partial charge in [0.05, 0.1) is 32.0 Å². The molecule has 12 atom stereocenters. The molecule has 71 heavy (non-hydrogen) atoms. The van der Waals surface area contributed by atoms with Crippen molar-refractivity contribution >= 4 is 5.91 Å². The van der Waals surface area contributed by atoms with Gasteiger partial charge in [0.1, 0.15) is 48.8 Å². The second kappa shape index (κ2) is 43.0. The third kappa shape index (κ3) is 29.4. The van der Waals surface area contributed by atoms with E-state index in [1.807, 2.05) is 0 Å². The van der Waals surface area contributed by atoms with Crippen molar-refractivity contribution in [2.75, 3.05) is 19.8 Å². The first kappa shape index (κ1) is 64.8. The molecule has 1 amide bonds. The molecular formula is C57H101NO13. The van der Waals surface area contributed by atoms with E-state index < -0.39 is 86.8 Å². The van der Waals surface area contributed by atoms with Gasteiger partial charge >= 0.3 is 0 Å². The highest BCUT2D eigenvalue weighted by Gasteiger charge is 2.51. The molecular weight excluding hydrogens is 907 g/mol. The molecule has 2 aliphatic heterocycles. The van der Waals surface area contributed by atoms with Crippen LogP contribution in [0.2, 0.25) is 0 Å². The number of hydrogen-bond donors (Lipinski definition) is 9. The molecule has 0 aromatic rings. The number of hydrogen-bond acceptors (Lipinski definition) is 13. The highest BCUT2D eigenvalue weighted by atomic mass is 16.7. The Labute approximate surface area is 428 Å². The molecule has 2 heterocycles. The van der Waals surface area contributed by atoms with Crippen LogP contribution in [-0.2, 0) is 23.7 Å². The van der Waals surface area contributed by atoms with Gasteiger partial charge in [-0.15, -0.1) is 0 Å². The van der Waals surface area contributed by atoms with E-state index in [4.69, 9.17) is 18.9 Å². The Bertz CT molecular complexity index is 1420. The summed E-state index contributed by atoms with van der Waals surface area (Å²) >= 11 is 0. The van der Waals surface area contributed by atoms with Crippen molar-refractivity contribution in [2.45, 2.75) is 274 Å². The van der Waals surface area contributed by atoms with E-state index in [-0.39, 0.29) is 18.9 Å². The van der Waals surface area contributed by atoms with Gasteiger partial charge in [0.15, 0.2) is 12.6 Å². The van der Waals surface area contributed by atoms with Gasteiger partial charge in [0, 0.05) is 6.42 Å². The number of allylic oxidation sites excluding steroid dienone is 10. The van der Waals surface area contributed by atoms with Gasteiger partial charge in [-0.3, -0.25) is 4.79 Å². The summed E-state index contributed by atoms with van der Waals surface area (Å²) in [6.45, 7) is 2.72. The van der Waals surface area contributed by atoms with E-state index in [0.717, 1.165) is 77.0 Å². The zero-order chi connectivity index (χ0) is 51.7. The van der Waals surface area contributed by atoms with Gasteiger partial charge in [-0.25, -0.2) is 0 Å². The van der Waals surface area contributed by atoms with Gasteiger partial charge in [-0.2, -0.15) is 0 Å². The molecule has 0 aromatic carbocycles. The molecule has 12 unspecified atom stereocenters. The highest BCUT2D eigenvalue weighted by Crippen LogP contribution is 2.30. The molecule has 0 bridgehead atoms. The SMILES string of the molecule is CC/C=C\C/C=C\C/C=C\C/C=C\C/C=C\CCCCCC(=O)NC(COC1OC(CO)C(OC2OC(CO)C(O)C(O)C2O)C(O)C1O)C(O)CCCCCCCCCCCCCCCCCCCC. The van der Waals surface area contributed by atoms with Gasteiger partial charge in [-0.1, -0.05) is 197 Å². The first-order valence-electron chi connectivity index (χ1n) is 28.0. The quantitative estimate of drug-likeness (QED) is 0.0206. The fraction of sp³-hybridized carbons (Fsp3) is 0.807. The maximum atomic E-state index is 13.2. The van der Waals surface area contributed by atoms with E-state index in [2.05, 4.69) is 79.9 Å². The first-order chi connectivity index (χ1) is 34.6. The van der Waals surface area contributed by atoms with Crippen molar-refractivity contribution in [3.63, 3.8) is 0 Å². The number of nitrogens with one attached hydrogen (secondary N) is 1. The number of ether oxygens (including phenoxy) is 4. The Hall–Kier alpha value is -2.31. The summed E-state index contributed by atoms with van der Waals surface area (Å²) < 4.78 is 22.8. The van der Waals surface area contributed by atoms with Crippen molar-refractivity contribution in [1.29, 1.82) is 0 Å². The van der Waals surface area contributed by atoms with Crippen LogP contribution in [0.15, 0.2) is 60.8 Å². The van der Waals surface area contributed by atoms with Crippen LogP contribution in [0.25, 0.3) is 0 Å². The molecule has 9 N–H and O–H groups in total.